The first-order valence-electron chi connectivity index (χ1n) is 8.43. The van der Waals surface area contributed by atoms with E-state index in [1.54, 1.807) is 13.2 Å². The van der Waals surface area contributed by atoms with Gasteiger partial charge in [-0.3, -0.25) is 0 Å². The number of rotatable bonds is 4. The van der Waals surface area contributed by atoms with Crippen molar-refractivity contribution in [3.8, 4) is 5.75 Å². The lowest BCUT2D eigenvalue weighted by molar-refractivity contribution is 0.194. The number of hydrogen-bond donors (Lipinski definition) is 1. The fourth-order valence-corrected chi connectivity index (χ4v) is 3.55. The van der Waals surface area contributed by atoms with Crippen molar-refractivity contribution in [1.29, 1.82) is 0 Å². The minimum Gasteiger partial charge on any atom is -0.496 e. The van der Waals surface area contributed by atoms with Crippen molar-refractivity contribution in [2.75, 3.05) is 38.2 Å². The Morgan fingerprint density at radius 1 is 1.12 bits per heavy atom. The number of carbonyl (C=O) groups excluding carboxylic acids is 1. The second-order valence-electron chi connectivity index (χ2n) is 6.04. The molecule has 1 fully saturated rings. The number of amides is 2. The van der Waals surface area contributed by atoms with Gasteiger partial charge in [0.15, 0.2) is 0 Å². The van der Waals surface area contributed by atoms with Gasteiger partial charge in [-0.2, -0.15) is 0 Å². The van der Waals surface area contributed by atoms with Gasteiger partial charge in [0, 0.05) is 43.3 Å². The predicted octanol–water partition coefficient (Wildman–Crippen LogP) is 4.03. The molecule has 1 heterocycles. The zero-order valence-electron chi connectivity index (χ0n) is 14.5. The van der Waals surface area contributed by atoms with Gasteiger partial charge in [-0.15, -0.1) is 0 Å². The summed E-state index contributed by atoms with van der Waals surface area (Å²) in [4.78, 5) is 16.4. The predicted molar refractivity (Wildman–Crippen MR) is 105 cm³/mol. The number of halogens is 2. The van der Waals surface area contributed by atoms with E-state index in [0.717, 1.165) is 30.1 Å². The number of nitrogens with zero attached hydrogens (tertiary/aromatic N) is 2. The molecule has 7 heteroatoms. The van der Waals surface area contributed by atoms with Crippen molar-refractivity contribution in [3.63, 3.8) is 0 Å². The topological polar surface area (TPSA) is 44.8 Å². The number of anilines is 1. The number of para-hydroxylation sites is 1. The molecule has 1 saturated heterocycles. The standard InChI is InChI=1S/C19H21Cl2N3O2/c1-26-18-5-3-2-4-14(18)13-22-19(25)24-10-8-23(9-11-24)17-7-6-15(20)12-16(17)21/h2-7,12H,8-11,13H2,1H3,(H,22,25). The van der Waals surface area contributed by atoms with Crippen LogP contribution in [0.15, 0.2) is 42.5 Å². The number of nitrogens with one attached hydrogen (secondary N) is 1. The van der Waals surface area contributed by atoms with Crippen molar-refractivity contribution < 1.29 is 9.53 Å². The Kier molecular flexibility index (Phi) is 6.12. The SMILES string of the molecule is COc1ccccc1CNC(=O)N1CCN(c2ccc(Cl)cc2Cl)CC1. The number of ether oxygens (including phenoxy) is 1. The molecule has 0 radical (unpaired) electrons. The molecule has 26 heavy (non-hydrogen) atoms. The maximum atomic E-state index is 12.4. The van der Waals surface area contributed by atoms with Crippen LogP contribution in [0.2, 0.25) is 10.0 Å². The van der Waals surface area contributed by atoms with Crippen LogP contribution in [0.4, 0.5) is 10.5 Å². The monoisotopic (exact) mass is 393 g/mol. The van der Waals surface area contributed by atoms with Crippen LogP contribution in [-0.4, -0.2) is 44.2 Å². The smallest absolute Gasteiger partial charge is 0.317 e. The first-order chi connectivity index (χ1) is 12.6. The molecule has 0 atom stereocenters. The van der Waals surface area contributed by atoms with Crippen molar-refractivity contribution in [2.24, 2.45) is 0 Å². The molecule has 0 aliphatic carbocycles. The number of piperazine rings is 1. The zero-order chi connectivity index (χ0) is 18.5. The lowest BCUT2D eigenvalue weighted by Crippen LogP contribution is -2.51. The zero-order valence-corrected chi connectivity index (χ0v) is 16.1. The van der Waals surface area contributed by atoms with Gasteiger partial charge in [-0.25, -0.2) is 4.79 Å². The van der Waals surface area contributed by atoms with Crippen LogP contribution in [-0.2, 0) is 6.54 Å². The third-order valence-electron chi connectivity index (χ3n) is 4.44. The van der Waals surface area contributed by atoms with Crippen molar-refractivity contribution >= 4 is 34.9 Å². The quantitative estimate of drug-likeness (QED) is 0.852. The van der Waals surface area contributed by atoms with E-state index in [0.29, 0.717) is 29.7 Å². The van der Waals surface area contributed by atoms with Crippen molar-refractivity contribution in [2.45, 2.75) is 6.54 Å². The average molecular weight is 394 g/mol. The summed E-state index contributed by atoms with van der Waals surface area (Å²) < 4.78 is 5.31. The van der Waals surface area contributed by atoms with Crippen LogP contribution in [0.5, 0.6) is 5.75 Å². The van der Waals surface area contributed by atoms with E-state index in [1.807, 2.05) is 41.3 Å². The van der Waals surface area contributed by atoms with Crippen LogP contribution in [0.25, 0.3) is 0 Å². The Balaban J connectivity index is 1.53. The molecule has 1 N–H and O–H groups in total. The maximum Gasteiger partial charge on any atom is 0.317 e. The molecule has 5 nitrogen and oxygen atoms in total. The van der Waals surface area contributed by atoms with Crippen molar-refractivity contribution in [1.82, 2.24) is 10.2 Å². The molecule has 1 aliphatic heterocycles. The molecule has 3 rings (SSSR count). The maximum absolute atomic E-state index is 12.4. The summed E-state index contributed by atoms with van der Waals surface area (Å²) >= 11 is 12.2. The van der Waals surface area contributed by atoms with E-state index in [-0.39, 0.29) is 6.03 Å². The first kappa shape index (κ1) is 18.7. The Morgan fingerprint density at radius 2 is 1.85 bits per heavy atom. The summed E-state index contributed by atoms with van der Waals surface area (Å²) in [6, 6.07) is 13.1. The van der Waals surface area contributed by atoms with E-state index >= 15 is 0 Å². The molecule has 2 amide bonds. The third-order valence-corrected chi connectivity index (χ3v) is 4.98. The summed E-state index contributed by atoms with van der Waals surface area (Å²) in [5, 5.41) is 4.21. The second kappa shape index (κ2) is 8.52. The Labute approximate surface area is 163 Å². The molecule has 138 valence electrons. The fraction of sp³-hybridized carbons (Fsp3) is 0.316. The first-order valence-corrected chi connectivity index (χ1v) is 9.19. The molecule has 1 aliphatic rings. The number of urea groups is 1. The molecular formula is C19H21Cl2N3O2. The van der Waals surface area contributed by atoms with Gasteiger partial charge in [0.25, 0.3) is 0 Å². The largest absolute Gasteiger partial charge is 0.496 e. The van der Waals surface area contributed by atoms with Gasteiger partial charge in [0.05, 0.1) is 17.8 Å². The van der Waals surface area contributed by atoms with Gasteiger partial charge in [-0.05, 0) is 24.3 Å². The number of benzene rings is 2. The van der Waals surface area contributed by atoms with E-state index in [2.05, 4.69) is 10.2 Å². The number of carbonyl (C=O) groups is 1. The highest BCUT2D eigenvalue weighted by Gasteiger charge is 2.22. The third kappa shape index (κ3) is 4.34. The summed E-state index contributed by atoms with van der Waals surface area (Å²) in [5.41, 5.74) is 1.90. The fourth-order valence-electron chi connectivity index (χ4n) is 3.02. The van der Waals surface area contributed by atoms with Gasteiger partial charge in [0.2, 0.25) is 0 Å². The Morgan fingerprint density at radius 3 is 2.54 bits per heavy atom. The summed E-state index contributed by atoms with van der Waals surface area (Å²) in [7, 11) is 1.63. The molecule has 0 unspecified atom stereocenters. The number of methoxy groups -OCH3 is 1. The van der Waals surface area contributed by atoms with Crippen LogP contribution < -0.4 is 15.0 Å². The second-order valence-corrected chi connectivity index (χ2v) is 6.88. The highest BCUT2D eigenvalue weighted by Crippen LogP contribution is 2.29. The minimum absolute atomic E-state index is 0.0715. The minimum atomic E-state index is -0.0715. The van der Waals surface area contributed by atoms with Crippen LogP contribution in [0.1, 0.15) is 5.56 Å². The van der Waals surface area contributed by atoms with Crippen LogP contribution in [0, 0.1) is 0 Å². The van der Waals surface area contributed by atoms with E-state index in [4.69, 9.17) is 27.9 Å². The highest BCUT2D eigenvalue weighted by molar-refractivity contribution is 6.36. The van der Waals surface area contributed by atoms with E-state index in [9.17, 15) is 4.79 Å². The molecule has 0 bridgehead atoms. The Hall–Kier alpha value is -2.11. The van der Waals surface area contributed by atoms with E-state index in [1.165, 1.54) is 0 Å². The molecule has 0 spiro atoms. The highest BCUT2D eigenvalue weighted by atomic mass is 35.5. The lowest BCUT2D eigenvalue weighted by Gasteiger charge is -2.36. The Bertz CT molecular complexity index is 777. The average Bonchev–Trinajstić information content (AvgIpc) is 2.66. The van der Waals surface area contributed by atoms with Crippen LogP contribution in [0.3, 0.4) is 0 Å². The number of hydrogen-bond acceptors (Lipinski definition) is 3. The van der Waals surface area contributed by atoms with Crippen LogP contribution >= 0.6 is 23.2 Å². The van der Waals surface area contributed by atoms with Gasteiger partial charge in [0.1, 0.15) is 5.75 Å². The molecule has 0 aromatic heterocycles. The van der Waals surface area contributed by atoms with Crippen molar-refractivity contribution in [3.05, 3.63) is 58.1 Å². The molecule has 2 aromatic carbocycles. The lowest BCUT2D eigenvalue weighted by atomic mass is 10.2. The summed E-state index contributed by atoms with van der Waals surface area (Å²) in [6.07, 6.45) is 0. The van der Waals surface area contributed by atoms with Gasteiger partial charge >= 0.3 is 6.03 Å². The molecular weight excluding hydrogens is 373 g/mol. The molecule has 2 aromatic rings. The summed E-state index contributed by atoms with van der Waals surface area (Å²) in [5.74, 6) is 0.773. The normalized spacial score (nSPS) is 14.3. The van der Waals surface area contributed by atoms with Gasteiger partial charge < -0.3 is 19.9 Å². The van der Waals surface area contributed by atoms with E-state index < -0.39 is 0 Å². The molecule has 0 saturated carbocycles. The summed E-state index contributed by atoms with van der Waals surface area (Å²) in [6.45, 7) is 3.16. The van der Waals surface area contributed by atoms with Gasteiger partial charge in [-0.1, -0.05) is 41.4 Å².